The number of nitrogens with zero attached hydrogens (tertiary/aromatic N) is 1. The zero-order chi connectivity index (χ0) is 23.4. The second-order valence-electron chi connectivity index (χ2n) is 7.93. The van der Waals surface area contributed by atoms with Crippen molar-refractivity contribution in [2.24, 2.45) is 0 Å². The van der Waals surface area contributed by atoms with Crippen molar-refractivity contribution in [3.05, 3.63) is 77.1 Å². The summed E-state index contributed by atoms with van der Waals surface area (Å²) in [6.07, 6.45) is -0.0756. The largest absolute Gasteiger partial charge is 0.497 e. The van der Waals surface area contributed by atoms with Crippen molar-refractivity contribution in [1.29, 1.82) is 0 Å². The smallest absolute Gasteiger partial charge is 0.351 e. The first kappa shape index (κ1) is 22.5. The molecule has 0 fully saturated rings. The van der Waals surface area contributed by atoms with E-state index in [-0.39, 0.29) is 19.0 Å². The van der Waals surface area contributed by atoms with E-state index in [1.165, 1.54) is 5.56 Å². The average Bonchev–Trinajstić information content (AvgIpc) is 3.14. The van der Waals surface area contributed by atoms with Crippen molar-refractivity contribution in [2.75, 3.05) is 20.3 Å². The number of carbonyl (C=O) groups excluding carboxylic acids is 2. The third kappa shape index (κ3) is 5.03. The van der Waals surface area contributed by atoms with E-state index >= 15 is 0 Å². The third-order valence-corrected chi connectivity index (χ3v) is 5.77. The van der Waals surface area contributed by atoms with E-state index in [2.05, 4.69) is 4.57 Å². The highest BCUT2D eigenvalue weighted by molar-refractivity contribution is 5.99. The van der Waals surface area contributed by atoms with Crippen LogP contribution < -0.4 is 14.2 Å². The fourth-order valence-corrected chi connectivity index (χ4v) is 3.90. The topological polar surface area (TPSA) is 76.0 Å². The quantitative estimate of drug-likeness (QED) is 0.383. The van der Waals surface area contributed by atoms with Gasteiger partial charge in [-0.15, -0.1) is 0 Å². The molecule has 3 aromatic rings. The van der Waals surface area contributed by atoms with Gasteiger partial charge < -0.3 is 23.5 Å². The standard InChI is InChI=1S/C26H27NO6/c1-17-14-21(18(2)27(17)13-12-19-8-10-20(30-3)11-9-19)22(28)15-32-26(29)25-16-31-23-6-4-5-7-24(23)33-25/h4-11,14,25H,12-13,15-16H2,1-3H3/t25-/m0/s1. The number of fused-ring (bicyclic) bond motifs is 1. The Morgan fingerprint density at radius 1 is 1.06 bits per heavy atom. The minimum atomic E-state index is -0.898. The van der Waals surface area contributed by atoms with Gasteiger partial charge in [-0.25, -0.2) is 4.79 Å². The summed E-state index contributed by atoms with van der Waals surface area (Å²) in [5.74, 6) is 1.02. The molecule has 2 aromatic carbocycles. The van der Waals surface area contributed by atoms with Crippen molar-refractivity contribution in [2.45, 2.75) is 32.9 Å². The maximum atomic E-state index is 12.8. The Hall–Kier alpha value is -3.74. The number of rotatable bonds is 8. The summed E-state index contributed by atoms with van der Waals surface area (Å²) in [5, 5.41) is 0. The number of Topliss-reactive ketones (excluding diaryl/α,β-unsaturated/α-hetero) is 1. The van der Waals surface area contributed by atoms with Crippen LogP contribution in [0.3, 0.4) is 0 Å². The van der Waals surface area contributed by atoms with Gasteiger partial charge in [-0.2, -0.15) is 0 Å². The molecule has 0 saturated heterocycles. The summed E-state index contributed by atoms with van der Waals surface area (Å²) in [4.78, 5) is 25.2. The molecule has 1 aliphatic rings. The minimum Gasteiger partial charge on any atom is -0.497 e. The van der Waals surface area contributed by atoms with Crippen LogP contribution in [0.5, 0.6) is 17.2 Å². The van der Waals surface area contributed by atoms with E-state index in [0.29, 0.717) is 17.1 Å². The van der Waals surface area contributed by atoms with Gasteiger partial charge in [0.05, 0.1) is 7.11 Å². The molecule has 0 radical (unpaired) electrons. The van der Waals surface area contributed by atoms with Gasteiger partial charge in [0, 0.05) is 23.5 Å². The molecule has 1 aromatic heterocycles. The van der Waals surface area contributed by atoms with Crippen LogP contribution >= 0.6 is 0 Å². The SMILES string of the molecule is COc1ccc(CCn2c(C)cc(C(=O)COC(=O)[C@@H]3COc4ccccc4O3)c2C)cc1. The van der Waals surface area contributed by atoms with E-state index in [4.69, 9.17) is 18.9 Å². The number of ketones is 1. The molecule has 0 bridgehead atoms. The number of ether oxygens (including phenoxy) is 4. The van der Waals surface area contributed by atoms with Crippen molar-refractivity contribution in [3.63, 3.8) is 0 Å². The van der Waals surface area contributed by atoms with Crippen LogP contribution in [0.4, 0.5) is 0 Å². The predicted octanol–water partition coefficient (Wildman–Crippen LogP) is 3.92. The normalized spacial score (nSPS) is 14.6. The van der Waals surface area contributed by atoms with Gasteiger partial charge in [0.2, 0.25) is 11.9 Å². The van der Waals surface area contributed by atoms with Crippen LogP contribution in [0.25, 0.3) is 0 Å². The molecule has 0 saturated carbocycles. The van der Waals surface area contributed by atoms with Crippen molar-refractivity contribution in [1.82, 2.24) is 4.57 Å². The number of hydrogen-bond acceptors (Lipinski definition) is 6. The summed E-state index contributed by atoms with van der Waals surface area (Å²) >= 11 is 0. The highest BCUT2D eigenvalue weighted by Gasteiger charge is 2.29. The van der Waals surface area contributed by atoms with Crippen molar-refractivity contribution in [3.8, 4) is 17.2 Å². The molecule has 1 atom stereocenters. The number of hydrogen-bond donors (Lipinski definition) is 0. The molecule has 0 unspecified atom stereocenters. The summed E-state index contributed by atoms with van der Waals surface area (Å²) in [7, 11) is 1.65. The van der Waals surface area contributed by atoms with Crippen molar-refractivity contribution < 1.29 is 28.5 Å². The van der Waals surface area contributed by atoms with E-state index in [1.54, 1.807) is 25.3 Å². The molecule has 0 amide bonds. The van der Waals surface area contributed by atoms with Gasteiger partial charge >= 0.3 is 5.97 Å². The zero-order valence-corrected chi connectivity index (χ0v) is 19.0. The Kier molecular flexibility index (Phi) is 6.68. The van der Waals surface area contributed by atoms with Crippen LogP contribution in [-0.2, 0) is 22.5 Å². The van der Waals surface area contributed by atoms with E-state index in [0.717, 1.165) is 30.1 Å². The minimum absolute atomic E-state index is 0.0455. The van der Waals surface area contributed by atoms with Crippen LogP contribution in [-0.4, -0.2) is 42.7 Å². The molecule has 1 aliphatic heterocycles. The Morgan fingerprint density at radius 2 is 1.79 bits per heavy atom. The average molecular weight is 450 g/mol. The molecule has 2 heterocycles. The highest BCUT2D eigenvalue weighted by atomic mass is 16.6. The molecule has 7 heteroatoms. The molecular formula is C26H27NO6. The van der Waals surface area contributed by atoms with E-state index < -0.39 is 12.1 Å². The lowest BCUT2D eigenvalue weighted by Gasteiger charge is -2.24. The maximum absolute atomic E-state index is 12.8. The second-order valence-corrected chi connectivity index (χ2v) is 7.93. The lowest BCUT2D eigenvalue weighted by Crippen LogP contribution is -2.38. The fourth-order valence-electron chi connectivity index (χ4n) is 3.90. The van der Waals surface area contributed by atoms with Gasteiger partial charge in [0.25, 0.3) is 0 Å². The number of carbonyl (C=O) groups is 2. The number of esters is 1. The first-order chi connectivity index (χ1) is 16.0. The lowest BCUT2D eigenvalue weighted by molar-refractivity contribution is -0.153. The summed E-state index contributed by atoms with van der Waals surface area (Å²) in [6, 6.07) is 16.9. The second kappa shape index (κ2) is 9.81. The van der Waals surface area contributed by atoms with E-state index in [9.17, 15) is 9.59 Å². The molecular weight excluding hydrogens is 422 g/mol. The number of benzene rings is 2. The summed E-state index contributed by atoms with van der Waals surface area (Å²) in [6.45, 7) is 4.32. The Labute approximate surface area is 192 Å². The van der Waals surface area contributed by atoms with Gasteiger partial charge in [0.15, 0.2) is 18.1 Å². The van der Waals surface area contributed by atoms with Crippen LogP contribution in [0.1, 0.15) is 27.3 Å². The first-order valence-corrected chi connectivity index (χ1v) is 10.8. The Bertz CT molecular complexity index is 1150. The molecule has 33 heavy (non-hydrogen) atoms. The molecule has 7 nitrogen and oxygen atoms in total. The number of methoxy groups -OCH3 is 1. The van der Waals surface area contributed by atoms with Crippen LogP contribution in [0.2, 0.25) is 0 Å². The van der Waals surface area contributed by atoms with Gasteiger partial charge in [-0.05, 0) is 56.2 Å². The molecule has 0 aliphatic carbocycles. The number of aromatic nitrogens is 1. The first-order valence-electron chi connectivity index (χ1n) is 10.8. The zero-order valence-electron chi connectivity index (χ0n) is 19.0. The maximum Gasteiger partial charge on any atom is 0.351 e. The summed E-state index contributed by atoms with van der Waals surface area (Å²) < 4.78 is 23.7. The van der Waals surface area contributed by atoms with Gasteiger partial charge in [-0.3, -0.25) is 4.79 Å². The molecule has 172 valence electrons. The van der Waals surface area contributed by atoms with Crippen LogP contribution in [0, 0.1) is 13.8 Å². The monoisotopic (exact) mass is 449 g/mol. The van der Waals surface area contributed by atoms with Gasteiger partial charge in [-0.1, -0.05) is 24.3 Å². The number of aryl methyl sites for hydroxylation is 2. The fraction of sp³-hybridized carbons (Fsp3) is 0.308. The van der Waals surface area contributed by atoms with Crippen molar-refractivity contribution >= 4 is 11.8 Å². The lowest BCUT2D eigenvalue weighted by atomic mass is 10.1. The predicted molar refractivity (Wildman–Crippen MR) is 122 cm³/mol. The highest BCUT2D eigenvalue weighted by Crippen LogP contribution is 2.31. The number of para-hydroxylation sites is 2. The third-order valence-electron chi connectivity index (χ3n) is 5.77. The molecule has 0 N–H and O–H groups in total. The Balaban J connectivity index is 1.34. The Morgan fingerprint density at radius 3 is 2.52 bits per heavy atom. The summed E-state index contributed by atoms with van der Waals surface area (Å²) in [5.41, 5.74) is 3.58. The van der Waals surface area contributed by atoms with E-state index in [1.807, 2.05) is 50.2 Å². The van der Waals surface area contributed by atoms with Gasteiger partial charge in [0.1, 0.15) is 12.4 Å². The molecule has 4 rings (SSSR count). The molecule has 0 spiro atoms. The van der Waals surface area contributed by atoms with Crippen LogP contribution in [0.15, 0.2) is 54.6 Å².